The fraction of sp³-hybridized carbons (Fsp3) is 0.562. The fourth-order valence-electron chi connectivity index (χ4n) is 2.02. The van der Waals surface area contributed by atoms with E-state index in [0.717, 1.165) is 16.6 Å². The molecule has 0 fully saturated rings. The van der Waals surface area contributed by atoms with E-state index in [2.05, 4.69) is 40.4 Å². The molecule has 0 radical (unpaired) electrons. The van der Waals surface area contributed by atoms with Crippen LogP contribution in [-0.2, 0) is 4.79 Å². The minimum atomic E-state index is 0.00325. The molecule has 2 N–H and O–H groups in total. The van der Waals surface area contributed by atoms with Gasteiger partial charge in [-0.3, -0.25) is 4.79 Å². The smallest absolute Gasteiger partial charge is 0.238 e. The van der Waals surface area contributed by atoms with Gasteiger partial charge in [-0.1, -0.05) is 54.6 Å². The summed E-state index contributed by atoms with van der Waals surface area (Å²) in [5, 5.41) is 6.15. The number of halogens is 1. The number of amides is 1. The summed E-state index contributed by atoms with van der Waals surface area (Å²) in [6, 6.07) is 8.01. The van der Waals surface area contributed by atoms with Crippen LogP contribution in [0.4, 0.5) is 5.69 Å². The molecule has 1 amide bonds. The molecular formula is C16H25BrN2O. The highest BCUT2D eigenvalue weighted by molar-refractivity contribution is 9.10. The quantitative estimate of drug-likeness (QED) is 0.656. The molecule has 0 bridgehead atoms. The maximum atomic E-state index is 11.8. The molecule has 0 aliphatic heterocycles. The molecule has 1 aromatic rings. The molecule has 0 saturated heterocycles. The van der Waals surface area contributed by atoms with Crippen LogP contribution in [0.3, 0.4) is 0 Å². The van der Waals surface area contributed by atoms with E-state index in [4.69, 9.17) is 0 Å². The van der Waals surface area contributed by atoms with Crippen LogP contribution in [0.5, 0.6) is 0 Å². The number of benzene rings is 1. The Morgan fingerprint density at radius 3 is 2.80 bits per heavy atom. The highest BCUT2D eigenvalue weighted by Gasteiger charge is 2.06. The molecule has 3 nitrogen and oxygen atoms in total. The molecule has 0 spiro atoms. The van der Waals surface area contributed by atoms with Gasteiger partial charge < -0.3 is 10.6 Å². The molecule has 1 atom stereocenters. The minimum absolute atomic E-state index is 0.00325. The van der Waals surface area contributed by atoms with Gasteiger partial charge in [-0.15, -0.1) is 0 Å². The topological polar surface area (TPSA) is 41.1 Å². The van der Waals surface area contributed by atoms with Crippen molar-refractivity contribution in [2.45, 2.75) is 52.0 Å². The third-order valence-corrected chi connectivity index (χ3v) is 3.70. The molecule has 0 heterocycles. The molecule has 20 heavy (non-hydrogen) atoms. The Kier molecular flexibility index (Phi) is 8.54. The number of hydrogen-bond donors (Lipinski definition) is 2. The minimum Gasteiger partial charge on any atom is -0.325 e. The van der Waals surface area contributed by atoms with Gasteiger partial charge in [0.25, 0.3) is 0 Å². The SMILES string of the molecule is CCCCCCC(C)NCC(=O)Nc1cccc(Br)c1. The summed E-state index contributed by atoms with van der Waals surface area (Å²) in [6.45, 7) is 4.72. The van der Waals surface area contributed by atoms with Crippen molar-refractivity contribution in [3.8, 4) is 0 Å². The first-order chi connectivity index (χ1) is 9.61. The van der Waals surface area contributed by atoms with Crippen molar-refractivity contribution in [3.05, 3.63) is 28.7 Å². The maximum Gasteiger partial charge on any atom is 0.238 e. The van der Waals surface area contributed by atoms with Crippen LogP contribution in [0.1, 0.15) is 46.0 Å². The van der Waals surface area contributed by atoms with Gasteiger partial charge in [0.2, 0.25) is 5.91 Å². The van der Waals surface area contributed by atoms with Gasteiger partial charge >= 0.3 is 0 Å². The molecule has 112 valence electrons. The van der Waals surface area contributed by atoms with Gasteiger partial charge in [0.15, 0.2) is 0 Å². The van der Waals surface area contributed by atoms with Crippen molar-refractivity contribution < 1.29 is 4.79 Å². The average molecular weight is 341 g/mol. The molecule has 1 aromatic carbocycles. The van der Waals surface area contributed by atoms with Gasteiger partial charge in [0, 0.05) is 16.2 Å². The lowest BCUT2D eigenvalue weighted by atomic mass is 10.1. The number of carbonyl (C=O) groups excluding carboxylic acids is 1. The van der Waals surface area contributed by atoms with Crippen molar-refractivity contribution in [2.75, 3.05) is 11.9 Å². The lowest BCUT2D eigenvalue weighted by Gasteiger charge is -2.13. The lowest BCUT2D eigenvalue weighted by molar-refractivity contribution is -0.115. The van der Waals surface area contributed by atoms with Gasteiger partial charge in [-0.05, 0) is 31.5 Å². The molecule has 0 saturated carbocycles. The van der Waals surface area contributed by atoms with Gasteiger partial charge in [0.1, 0.15) is 0 Å². The number of unbranched alkanes of at least 4 members (excludes halogenated alkanes) is 3. The van der Waals surface area contributed by atoms with E-state index >= 15 is 0 Å². The van der Waals surface area contributed by atoms with Crippen LogP contribution in [0.15, 0.2) is 28.7 Å². The van der Waals surface area contributed by atoms with E-state index < -0.39 is 0 Å². The van der Waals surface area contributed by atoms with Gasteiger partial charge in [-0.2, -0.15) is 0 Å². The maximum absolute atomic E-state index is 11.8. The van der Waals surface area contributed by atoms with Crippen molar-refractivity contribution in [1.29, 1.82) is 0 Å². The Hall–Kier alpha value is -0.870. The molecule has 4 heteroatoms. The second-order valence-corrected chi connectivity index (χ2v) is 6.11. The zero-order chi connectivity index (χ0) is 14.8. The Morgan fingerprint density at radius 2 is 2.10 bits per heavy atom. The molecule has 1 rings (SSSR count). The first-order valence-corrected chi connectivity index (χ1v) is 8.20. The van der Waals surface area contributed by atoms with Gasteiger partial charge in [0.05, 0.1) is 6.54 Å². The Bertz CT molecular complexity index is 409. The zero-order valence-electron chi connectivity index (χ0n) is 12.4. The van der Waals surface area contributed by atoms with Crippen molar-refractivity contribution in [3.63, 3.8) is 0 Å². The molecular weight excluding hydrogens is 316 g/mol. The monoisotopic (exact) mass is 340 g/mol. The van der Waals surface area contributed by atoms with Crippen LogP contribution in [0.2, 0.25) is 0 Å². The third kappa shape index (κ3) is 7.65. The second kappa shape index (κ2) is 9.94. The summed E-state index contributed by atoms with van der Waals surface area (Å²) in [5.41, 5.74) is 0.821. The third-order valence-electron chi connectivity index (χ3n) is 3.21. The standard InChI is InChI=1S/C16H25BrN2O/c1-3-4-5-6-8-13(2)18-12-16(20)19-15-10-7-9-14(17)11-15/h7,9-11,13,18H,3-6,8,12H2,1-2H3,(H,19,20). The highest BCUT2D eigenvalue weighted by atomic mass is 79.9. The Morgan fingerprint density at radius 1 is 1.30 bits per heavy atom. The van der Waals surface area contributed by atoms with Crippen molar-refractivity contribution in [1.82, 2.24) is 5.32 Å². The normalized spacial score (nSPS) is 12.2. The summed E-state index contributed by atoms with van der Waals surface area (Å²) in [5.74, 6) is 0.00325. The predicted molar refractivity (Wildman–Crippen MR) is 89.0 cm³/mol. The second-order valence-electron chi connectivity index (χ2n) is 5.19. The molecule has 0 aliphatic carbocycles. The van der Waals surface area contributed by atoms with Crippen molar-refractivity contribution >= 4 is 27.5 Å². The number of nitrogens with one attached hydrogen (secondary N) is 2. The first-order valence-electron chi connectivity index (χ1n) is 7.40. The number of carbonyl (C=O) groups is 1. The Labute approximate surface area is 130 Å². The average Bonchev–Trinajstić information content (AvgIpc) is 2.41. The van der Waals surface area contributed by atoms with E-state index in [1.54, 1.807) is 0 Å². The predicted octanol–water partition coefficient (Wildman–Crippen LogP) is 4.34. The van der Waals surface area contributed by atoms with Crippen LogP contribution in [0.25, 0.3) is 0 Å². The van der Waals surface area contributed by atoms with Gasteiger partial charge in [-0.25, -0.2) is 0 Å². The van der Waals surface area contributed by atoms with E-state index in [0.29, 0.717) is 12.6 Å². The van der Waals surface area contributed by atoms with Crippen LogP contribution in [-0.4, -0.2) is 18.5 Å². The molecule has 1 unspecified atom stereocenters. The van der Waals surface area contributed by atoms with Crippen molar-refractivity contribution in [2.24, 2.45) is 0 Å². The number of anilines is 1. The summed E-state index contributed by atoms with van der Waals surface area (Å²) < 4.78 is 0.965. The Balaban J connectivity index is 2.19. The highest BCUT2D eigenvalue weighted by Crippen LogP contribution is 2.15. The number of hydrogen-bond acceptors (Lipinski definition) is 2. The first kappa shape index (κ1) is 17.2. The van der Waals surface area contributed by atoms with Crippen LogP contribution >= 0.6 is 15.9 Å². The lowest BCUT2D eigenvalue weighted by Crippen LogP contribution is -2.34. The largest absolute Gasteiger partial charge is 0.325 e. The molecule has 0 aliphatic rings. The molecule has 0 aromatic heterocycles. The summed E-state index contributed by atoms with van der Waals surface area (Å²) >= 11 is 3.39. The fourth-order valence-corrected chi connectivity index (χ4v) is 2.42. The van der Waals surface area contributed by atoms with E-state index in [-0.39, 0.29) is 5.91 Å². The van der Waals surface area contributed by atoms with E-state index in [1.165, 1.54) is 25.7 Å². The van der Waals surface area contributed by atoms with Crippen LogP contribution < -0.4 is 10.6 Å². The number of rotatable bonds is 9. The summed E-state index contributed by atoms with van der Waals surface area (Å²) in [4.78, 5) is 11.8. The zero-order valence-corrected chi connectivity index (χ0v) is 14.0. The van der Waals surface area contributed by atoms with Crippen LogP contribution in [0, 0.1) is 0 Å². The summed E-state index contributed by atoms with van der Waals surface area (Å²) in [6.07, 6.45) is 6.21. The van der Waals surface area contributed by atoms with E-state index in [9.17, 15) is 4.79 Å². The van der Waals surface area contributed by atoms with E-state index in [1.807, 2.05) is 24.3 Å². The summed E-state index contributed by atoms with van der Waals surface area (Å²) in [7, 11) is 0.